The zero-order valence-corrected chi connectivity index (χ0v) is 25.1. The van der Waals surface area contributed by atoms with Crippen LogP contribution >= 0.6 is 0 Å². The topological polar surface area (TPSA) is 0 Å². The lowest BCUT2D eigenvalue weighted by Crippen LogP contribution is -2.15. The quantitative estimate of drug-likeness (QED) is 0.268. The van der Waals surface area contributed by atoms with Crippen LogP contribution < -0.4 is 0 Å². The summed E-state index contributed by atoms with van der Waals surface area (Å²) in [4.78, 5) is 0. The number of hydrogen-bond donors (Lipinski definition) is 0. The van der Waals surface area contributed by atoms with Crippen LogP contribution in [-0.4, -0.2) is 0 Å². The second kappa shape index (κ2) is 14.3. The van der Waals surface area contributed by atoms with Gasteiger partial charge in [-0.3, -0.25) is 0 Å². The predicted molar refractivity (Wildman–Crippen MR) is 165 cm³/mol. The van der Waals surface area contributed by atoms with Gasteiger partial charge < -0.3 is 0 Å². The SMILES string of the molecule is CCCCCCC1CCC(c2ccc(C3CCC(c4ccc(C5CCC(CC)CC5)c(F)c4)CC3)cc2)CC1. The fourth-order valence-electron chi connectivity index (χ4n) is 8.45. The number of hydrogen-bond acceptors (Lipinski definition) is 0. The first-order chi connectivity index (χ1) is 19.1. The van der Waals surface area contributed by atoms with Crippen LogP contribution in [0.5, 0.6) is 0 Å². The van der Waals surface area contributed by atoms with Crippen molar-refractivity contribution in [3.8, 4) is 0 Å². The van der Waals surface area contributed by atoms with Crippen molar-refractivity contribution in [2.45, 2.75) is 153 Å². The molecule has 0 saturated heterocycles. The molecule has 39 heavy (non-hydrogen) atoms. The summed E-state index contributed by atoms with van der Waals surface area (Å²) in [6, 6.07) is 16.1. The predicted octanol–water partition coefficient (Wildman–Crippen LogP) is 12.2. The van der Waals surface area contributed by atoms with Gasteiger partial charge in [-0.15, -0.1) is 0 Å². The molecule has 3 fully saturated rings. The minimum Gasteiger partial charge on any atom is -0.207 e. The molecule has 5 rings (SSSR count). The average Bonchev–Trinajstić information content (AvgIpc) is 3.00. The third-order valence-electron chi connectivity index (χ3n) is 11.3. The zero-order valence-electron chi connectivity index (χ0n) is 25.1. The Morgan fingerprint density at radius 2 is 1.03 bits per heavy atom. The second-order valence-corrected chi connectivity index (χ2v) is 13.7. The molecule has 3 aliphatic carbocycles. The Kier molecular flexibility index (Phi) is 10.6. The summed E-state index contributed by atoms with van der Waals surface area (Å²) >= 11 is 0. The first-order valence-corrected chi connectivity index (χ1v) is 17.0. The van der Waals surface area contributed by atoms with Crippen molar-refractivity contribution in [3.05, 3.63) is 70.5 Å². The van der Waals surface area contributed by atoms with Gasteiger partial charge in [-0.05, 0) is 141 Å². The largest absolute Gasteiger partial charge is 0.207 e. The maximum Gasteiger partial charge on any atom is 0.126 e. The van der Waals surface area contributed by atoms with Gasteiger partial charge in [0.15, 0.2) is 0 Å². The molecule has 0 heterocycles. The molecule has 2 aromatic carbocycles. The highest BCUT2D eigenvalue weighted by atomic mass is 19.1. The van der Waals surface area contributed by atoms with Gasteiger partial charge in [0.25, 0.3) is 0 Å². The van der Waals surface area contributed by atoms with E-state index in [0.29, 0.717) is 17.8 Å². The van der Waals surface area contributed by atoms with Gasteiger partial charge in [-0.1, -0.05) is 88.8 Å². The maximum atomic E-state index is 15.2. The van der Waals surface area contributed by atoms with Gasteiger partial charge in [0.1, 0.15) is 5.82 Å². The highest BCUT2D eigenvalue weighted by Gasteiger charge is 2.27. The third kappa shape index (κ3) is 7.56. The van der Waals surface area contributed by atoms with Crippen LogP contribution in [0.25, 0.3) is 0 Å². The highest BCUT2D eigenvalue weighted by Crippen LogP contribution is 2.43. The van der Waals surface area contributed by atoms with E-state index in [0.717, 1.165) is 23.3 Å². The van der Waals surface area contributed by atoms with Crippen molar-refractivity contribution in [2.24, 2.45) is 11.8 Å². The molecule has 0 radical (unpaired) electrons. The first-order valence-electron chi connectivity index (χ1n) is 17.0. The standard InChI is InChI=1S/C38H55F/c1-3-5-6-7-8-29-11-13-30(14-12-29)31-17-19-32(20-18-31)33-21-23-34(24-22-33)36-25-26-37(38(39)27-36)35-15-9-28(4-2)10-16-35/h17-20,25-30,33-35H,3-16,21-24H2,1-2H3. The van der Waals surface area contributed by atoms with Gasteiger partial charge >= 0.3 is 0 Å². The summed E-state index contributed by atoms with van der Waals surface area (Å²) in [6.45, 7) is 4.60. The summed E-state index contributed by atoms with van der Waals surface area (Å²) in [5.74, 6) is 4.32. The van der Waals surface area contributed by atoms with Crippen molar-refractivity contribution in [1.82, 2.24) is 0 Å². The lowest BCUT2D eigenvalue weighted by Gasteiger charge is -2.31. The highest BCUT2D eigenvalue weighted by molar-refractivity contribution is 5.32. The molecule has 0 spiro atoms. The normalized spacial score (nSPS) is 29.8. The van der Waals surface area contributed by atoms with Crippen LogP contribution in [0.1, 0.15) is 175 Å². The van der Waals surface area contributed by atoms with E-state index in [2.05, 4.69) is 50.2 Å². The number of benzene rings is 2. The molecular weight excluding hydrogens is 475 g/mol. The molecule has 0 aromatic heterocycles. The molecule has 0 bridgehead atoms. The molecule has 2 aromatic rings. The van der Waals surface area contributed by atoms with E-state index in [-0.39, 0.29) is 5.82 Å². The molecule has 3 saturated carbocycles. The van der Waals surface area contributed by atoms with Gasteiger partial charge in [-0.25, -0.2) is 4.39 Å². The van der Waals surface area contributed by atoms with E-state index in [1.54, 1.807) is 5.56 Å². The Morgan fingerprint density at radius 3 is 1.56 bits per heavy atom. The van der Waals surface area contributed by atoms with E-state index in [9.17, 15) is 0 Å². The number of unbranched alkanes of at least 4 members (excludes halogenated alkanes) is 3. The minimum absolute atomic E-state index is 0.0655. The maximum absolute atomic E-state index is 15.2. The summed E-state index contributed by atoms with van der Waals surface area (Å²) in [7, 11) is 0. The Morgan fingerprint density at radius 1 is 0.538 bits per heavy atom. The lowest BCUT2D eigenvalue weighted by atomic mass is 9.74. The Balaban J connectivity index is 1.08. The monoisotopic (exact) mass is 530 g/mol. The van der Waals surface area contributed by atoms with Crippen LogP contribution in [0.2, 0.25) is 0 Å². The Labute approximate surface area is 239 Å². The molecule has 214 valence electrons. The van der Waals surface area contributed by atoms with E-state index in [1.807, 2.05) is 6.07 Å². The van der Waals surface area contributed by atoms with Gasteiger partial charge in [-0.2, -0.15) is 0 Å². The van der Waals surface area contributed by atoms with Crippen molar-refractivity contribution in [3.63, 3.8) is 0 Å². The molecule has 0 atom stereocenters. The van der Waals surface area contributed by atoms with E-state index >= 15 is 4.39 Å². The van der Waals surface area contributed by atoms with E-state index in [4.69, 9.17) is 0 Å². The second-order valence-electron chi connectivity index (χ2n) is 13.7. The summed E-state index contributed by atoms with van der Waals surface area (Å²) in [5.41, 5.74) is 5.34. The molecule has 3 aliphatic rings. The zero-order chi connectivity index (χ0) is 27.0. The first kappa shape index (κ1) is 28.9. The Hall–Kier alpha value is -1.63. The fraction of sp³-hybridized carbons (Fsp3) is 0.684. The summed E-state index contributed by atoms with van der Waals surface area (Å²) in [6.07, 6.45) is 23.7. The van der Waals surface area contributed by atoms with Crippen LogP contribution in [-0.2, 0) is 0 Å². The number of rotatable bonds is 10. The molecule has 0 N–H and O–H groups in total. The lowest BCUT2D eigenvalue weighted by molar-refractivity contribution is 0.302. The van der Waals surface area contributed by atoms with E-state index < -0.39 is 0 Å². The molecule has 1 heteroatoms. The van der Waals surface area contributed by atoms with Gasteiger partial charge in [0.2, 0.25) is 0 Å². The average molecular weight is 531 g/mol. The van der Waals surface area contributed by atoms with Crippen molar-refractivity contribution >= 4 is 0 Å². The minimum atomic E-state index is 0.0655. The molecular formula is C38H55F. The third-order valence-corrected chi connectivity index (χ3v) is 11.3. The van der Waals surface area contributed by atoms with Gasteiger partial charge in [0.05, 0.1) is 0 Å². The molecule has 0 amide bonds. The van der Waals surface area contributed by atoms with Crippen molar-refractivity contribution in [2.75, 3.05) is 0 Å². The number of halogens is 1. The Bertz CT molecular complexity index is 982. The molecule has 0 nitrogen and oxygen atoms in total. The van der Waals surface area contributed by atoms with Crippen LogP contribution in [0.3, 0.4) is 0 Å². The van der Waals surface area contributed by atoms with Crippen molar-refractivity contribution in [1.29, 1.82) is 0 Å². The fourth-order valence-corrected chi connectivity index (χ4v) is 8.45. The van der Waals surface area contributed by atoms with Crippen molar-refractivity contribution < 1.29 is 4.39 Å². The molecule has 0 aliphatic heterocycles. The van der Waals surface area contributed by atoms with Crippen LogP contribution in [0.4, 0.5) is 4.39 Å². The van der Waals surface area contributed by atoms with Gasteiger partial charge in [0, 0.05) is 0 Å². The summed E-state index contributed by atoms with van der Waals surface area (Å²) < 4.78 is 15.2. The van der Waals surface area contributed by atoms with Crippen LogP contribution in [0, 0.1) is 17.7 Å². The molecule has 0 unspecified atom stereocenters. The van der Waals surface area contributed by atoms with Crippen LogP contribution in [0.15, 0.2) is 42.5 Å². The smallest absolute Gasteiger partial charge is 0.126 e. The summed E-state index contributed by atoms with van der Waals surface area (Å²) in [5, 5.41) is 0. The van der Waals surface area contributed by atoms with E-state index in [1.165, 1.54) is 127 Å².